The van der Waals surface area contributed by atoms with Gasteiger partial charge in [0.15, 0.2) is 0 Å². The third kappa shape index (κ3) is 1.36. The lowest BCUT2D eigenvalue weighted by molar-refractivity contribution is -0.104. The summed E-state index contributed by atoms with van der Waals surface area (Å²) in [6.45, 7) is 0. The van der Waals surface area contributed by atoms with Gasteiger partial charge in [-0.15, -0.1) is 0 Å². The number of aldehydes is 1. The van der Waals surface area contributed by atoms with Crippen LogP contribution < -0.4 is 0 Å². The third-order valence-corrected chi connectivity index (χ3v) is 3.38. The number of hydrogen-bond acceptors (Lipinski definition) is 2. The van der Waals surface area contributed by atoms with Crippen molar-refractivity contribution >= 4 is 6.29 Å². The first-order valence-electron chi connectivity index (χ1n) is 5.82. The van der Waals surface area contributed by atoms with Crippen LogP contribution in [0.3, 0.4) is 0 Å². The predicted molar refractivity (Wildman–Crippen MR) is 70.1 cm³/mol. The summed E-state index contributed by atoms with van der Waals surface area (Å²) >= 11 is 0. The van der Waals surface area contributed by atoms with Crippen LogP contribution in [-0.2, 0) is 10.4 Å². The Bertz CT molecular complexity index is 596. The van der Waals surface area contributed by atoms with E-state index in [1.165, 1.54) is 6.08 Å². The molecule has 18 heavy (non-hydrogen) atoms. The molecule has 1 aliphatic rings. The lowest BCUT2D eigenvalue weighted by Gasteiger charge is -2.21. The van der Waals surface area contributed by atoms with Crippen LogP contribution >= 0.6 is 0 Å². The van der Waals surface area contributed by atoms with Gasteiger partial charge < -0.3 is 5.11 Å². The Morgan fingerprint density at radius 3 is 1.89 bits per heavy atom. The molecule has 88 valence electrons. The largest absolute Gasteiger partial charge is 0.377 e. The number of carbonyl (C=O) groups excluding carboxylic acids is 1. The molecule has 0 aliphatic heterocycles. The van der Waals surface area contributed by atoms with E-state index in [1.807, 2.05) is 48.5 Å². The van der Waals surface area contributed by atoms with Gasteiger partial charge in [0.1, 0.15) is 11.9 Å². The Hall–Kier alpha value is -2.19. The molecule has 1 aliphatic carbocycles. The van der Waals surface area contributed by atoms with Gasteiger partial charge in [-0.05, 0) is 34.4 Å². The molecule has 0 amide bonds. The highest BCUT2D eigenvalue weighted by Crippen LogP contribution is 2.47. The third-order valence-electron chi connectivity index (χ3n) is 3.38. The van der Waals surface area contributed by atoms with Crippen molar-refractivity contribution in [1.29, 1.82) is 0 Å². The van der Waals surface area contributed by atoms with Crippen molar-refractivity contribution in [1.82, 2.24) is 0 Å². The topological polar surface area (TPSA) is 37.3 Å². The zero-order chi connectivity index (χ0) is 12.6. The van der Waals surface area contributed by atoms with Crippen molar-refractivity contribution in [2.75, 3.05) is 0 Å². The molecule has 3 rings (SSSR count). The van der Waals surface area contributed by atoms with Crippen molar-refractivity contribution in [3.8, 4) is 11.1 Å². The average molecular weight is 236 g/mol. The highest BCUT2D eigenvalue weighted by atomic mass is 16.3. The normalized spacial score (nSPS) is 15.4. The smallest absolute Gasteiger partial charge is 0.142 e. The molecule has 0 fully saturated rings. The standard InChI is InChI=1S/C16H12O2/c17-11-5-10-16(18)14-8-3-1-6-12(14)13-7-2-4-9-15(13)16/h1-11,18H. The van der Waals surface area contributed by atoms with Crippen molar-refractivity contribution in [3.05, 3.63) is 71.8 Å². The second-order valence-corrected chi connectivity index (χ2v) is 4.35. The average Bonchev–Trinajstić information content (AvgIpc) is 2.69. The first-order chi connectivity index (χ1) is 8.77. The summed E-state index contributed by atoms with van der Waals surface area (Å²) in [5.41, 5.74) is 2.49. The van der Waals surface area contributed by atoms with E-state index < -0.39 is 5.60 Å². The number of carbonyl (C=O) groups is 1. The van der Waals surface area contributed by atoms with Crippen LogP contribution in [0.4, 0.5) is 0 Å². The molecule has 0 radical (unpaired) electrons. The van der Waals surface area contributed by atoms with Crippen LogP contribution in [0, 0.1) is 0 Å². The molecule has 2 aromatic rings. The predicted octanol–water partition coefficient (Wildman–Crippen LogP) is 2.66. The monoisotopic (exact) mass is 236 g/mol. The fourth-order valence-corrected chi connectivity index (χ4v) is 2.60. The van der Waals surface area contributed by atoms with Gasteiger partial charge in [0, 0.05) is 0 Å². The SMILES string of the molecule is O=CC=CC1(O)c2ccccc2-c2ccccc21. The molecule has 0 saturated carbocycles. The number of aliphatic hydroxyl groups is 1. The number of fused-ring (bicyclic) bond motifs is 3. The van der Waals surface area contributed by atoms with Crippen molar-refractivity contribution in [3.63, 3.8) is 0 Å². The highest BCUT2D eigenvalue weighted by molar-refractivity contribution is 5.81. The Morgan fingerprint density at radius 2 is 1.39 bits per heavy atom. The molecule has 0 spiro atoms. The second kappa shape index (κ2) is 3.93. The van der Waals surface area contributed by atoms with Crippen LogP contribution in [0.25, 0.3) is 11.1 Å². The van der Waals surface area contributed by atoms with E-state index in [0.717, 1.165) is 22.3 Å². The Balaban J connectivity index is 2.33. The van der Waals surface area contributed by atoms with Crippen LogP contribution in [0.2, 0.25) is 0 Å². The molecule has 0 bridgehead atoms. The minimum atomic E-state index is -1.20. The molecular formula is C16H12O2. The first-order valence-corrected chi connectivity index (χ1v) is 5.82. The summed E-state index contributed by atoms with van der Waals surface area (Å²) in [5, 5.41) is 10.9. The summed E-state index contributed by atoms with van der Waals surface area (Å²) in [6.07, 6.45) is 3.57. The number of hydrogen-bond donors (Lipinski definition) is 1. The summed E-state index contributed by atoms with van der Waals surface area (Å²) in [5.74, 6) is 0. The molecule has 0 unspecified atom stereocenters. The molecule has 2 nitrogen and oxygen atoms in total. The summed E-state index contributed by atoms with van der Waals surface area (Å²) in [4.78, 5) is 10.5. The van der Waals surface area contributed by atoms with E-state index in [2.05, 4.69) is 0 Å². The minimum absolute atomic E-state index is 0.682. The van der Waals surface area contributed by atoms with Gasteiger partial charge >= 0.3 is 0 Å². The number of rotatable bonds is 2. The van der Waals surface area contributed by atoms with E-state index in [9.17, 15) is 9.90 Å². The maximum absolute atomic E-state index is 10.9. The fraction of sp³-hybridized carbons (Fsp3) is 0.0625. The Kier molecular flexibility index (Phi) is 2.39. The van der Waals surface area contributed by atoms with Gasteiger partial charge in [-0.2, -0.15) is 0 Å². The molecule has 2 aromatic carbocycles. The molecule has 0 heterocycles. The van der Waals surface area contributed by atoms with Gasteiger partial charge in [-0.1, -0.05) is 48.5 Å². The maximum atomic E-state index is 10.9. The van der Waals surface area contributed by atoms with Crippen molar-refractivity contribution in [2.24, 2.45) is 0 Å². The lowest BCUT2D eigenvalue weighted by atomic mass is 9.91. The minimum Gasteiger partial charge on any atom is -0.377 e. The number of benzene rings is 2. The maximum Gasteiger partial charge on any atom is 0.142 e. The van der Waals surface area contributed by atoms with Crippen LogP contribution in [0.1, 0.15) is 11.1 Å². The van der Waals surface area contributed by atoms with Gasteiger partial charge in [-0.25, -0.2) is 0 Å². The lowest BCUT2D eigenvalue weighted by Crippen LogP contribution is -2.21. The molecule has 0 atom stereocenters. The highest BCUT2D eigenvalue weighted by Gasteiger charge is 2.38. The molecule has 1 N–H and O–H groups in total. The first kappa shape index (κ1) is 10.9. The summed E-state index contributed by atoms with van der Waals surface area (Å²) < 4.78 is 0. The van der Waals surface area contributed by atoms with Gasteiger partial charge in [0.2, 0.25) is 0 Å². The van der Waals surface area contributed by atoms with Gasteiger partial charge in [0.25, 0.3) is 0 Å². The van der Waals surface area contributed by atoms with Crippen molar-refractivity contribution < 1.29 is 9.90 Å². The zero-order valence-electron chi connectivity index (χ0n) is 9.71. The summed E-state index contributed by atoms with van der Waals surface area (Å²) in [7, 11) is 0. The quantitative estimate of drug-likeness (QED) is 0.643. The molecule has 0 saturated heterocycles. The number of allylic oxidation sites excluding steroid dienone is 1. The van der Waals surface area contributed by atoms with E-state index in [-0.39, 0.29) is 0 Å². The van der Waals surface area contributed by atoms with Crippen molar-refractivity contribution in [2.45, 2.75) is 5.60 Å². The van der Waals surface area contributed by atoms with E-state index in [0.29, 0.717) is 6.29 Å². The van der Waals surface area contributed by atoms with E-state index in [4.69, 9.17) is 0 Å². The second-order valence-electron chi connectivity index (χ2n) is 4.35. The van der Waals surface area contributed by atoms with Crippen LogP contribution in [0.5, 0.6) is 0 Å². The molecular weight excluding hydrogens is 224 g/mol. The van der Waals surface area contributed by atoms with E-state index in [1.54, 1.807) is 6.08 Å². The Morgan fingerprint density at radius 1 is 0.889 bits per heavy atom. The molecule has 0 aromatic heterocycles. The molecule has 2 heteroatoms. The zero-order valence-corrected chi connectivity index (χ0v) is 9.71. The summed E-state index contributed by atoms with van der Waals surface area (Å²) in [6, 6.07) is 15.4. The van der Waals surface area contributed by atoms with E-state index >= 15 is 0 Å². The van der Waals surface area contributed by atoms with Crippen LogP contribution in [-0.4, -0.2) is 11.4 Å². The van der Waals surface area contributed by atoms with Crippen LogP contribution in [0.15, 0.2) is 60.7 Å². The fourth-order valence-electron chi connectivity index (χ4n) is 2.60. The Labute approximate surface area is 105 Å². The van der Waals surface area contributed by atoms with Gasteiger partial charge in [0.05, 0.1) is 0 Å². The van der Waals surface area contributed by atoms with Gasteiger partial charge in [-0.3, -0.25) is 4.79 Å².